The van der Waals surface area contributed by atoms with Crippen LogP contribution in [0.25, 0.3) is 11.4 Å². The molecule has 1 aliphatic rings. The SMILES string of the molecule is Cc1cc(C)c(S(=O)(=O)N2CC(c3nc(-c4ccncc4)no3)C2)c(C)c1. The summed E-state index contributed by atoms with van der Waals surface area (Å²) in [6.45, 7) is 6.32. The first-order valence-electron chi connectivity index (χ1n) is 8.68. The molecule has 0 amide bonds. The van der Waals surface area contributed by atoms with Gasteiger partial charge >= 0.3 is 0 Å². The fourth-order valence-corrected chi connectivity index (χ4v) is 5.45. The van der Waals surface area contributed by atoms with Crippen molar-refractivity contribution in [1.82, 2.24) is 19.4 Å². The molecule has 1 saturated heterocycles. The Morgan fingerprint density at radius 3 is 2.33 bits per heavy atom. The predicted octanol–water partition coefficient (Wildman–Crippen LogP) is 2.84. The topological polar surface area (TPSA) is 89.2 Å². The number of aromatic nitrogens is 3. The summed E-state index contributed by atoms with van der Waals surface area (Å²) in [4.78, 5) is 8.78. The molecule has 3 aromatic rings. The zero-order valence-corrected chi connectivity index (χ0v) is 16.2. The van der Waals surface area contributed by atoms with Crippen molar-refractivity contribution in [3.63, 3.8) is 0 Å². The van der Waals surface area contributed by atoms with E-state index in [1.165, 1.54) is 4.31 Å². The molecule has 1 aromatic carbocycles. The second kappa shape index (κ2) is 6.54. The van der Waals surface area contributed by atoms with Gasteiger partial charge in [0.15, 0.2) is 0 Å². The minimum absolute atomic E-state index is 0.0890. The molecule has 0 atom stereocenters. The van der Waals surface area contributed by atoms with Gasteiger partial charge in [-0.3, -0.25) is 4.98 Å². The minimum Gasteiger partial charge on any atom is -0.339 e. The monoisotopic (exact) mass is 384 g/mol. The lowest BCUT2D eigenvalue weighted by Gasteiger charge is -2.36. The standard InChI is InChI=1S/C19H20N4O3S/c1-12-8-13(2)17(14(3)9-12)27(24,25)23-10-16(11-23)19-21-18(22-26-19)15-4-6-20-7-5-15/h4-9,16H,10-11H2,1-3H3. The molecule has 0 radical (unpaired) electrons. The third kappa shape index (κ3) is 3.15. The van der Waals surface area contributed by atoms with Crippen molar-refractivity contribution >= 4 is 10.0 Å². The third-order valence-electron chi connectivity index (χ3n) is 4.78. The van der Waals surface area contributed by atoms with Gasteiger partial charge in [-0.1, -0.05) is 22.9 Å². The normalized spacial score (nSPS) is 15.7. The van der Waals surface area contributed by atoms with E-state index in [4.69, 9.17) is 4.52 Å². The van der Waals surface area contributed by atoms with Crippen LogP contribution < -0.4 is 0 Å². The summed E-state index contributed by atoms with van der Waals surface area (Å²) in [5.74, 6) is 0.860. The average Bonchev–Trinajstić information content (AvgIpc) is 3.02. The first-order valence-corrected chi connectivity index (χ1v) is 10.1. The zero-order chi connectivity index (χ0) is 19.2. The van der Waals surface area contributed by atoms with Gasteiger partial charge in [0.25, 0.3) is 0 Å². The molecule has 27 heavy (non-hydrogen) atoms. The lowest BCUT2D eigenvalue weighted by atomic mass is 10.0. The van der Waals surface area contributed by atoms with Gasteiger partial charge in [0.1, 0.15) is 0 Å². The van der Waals surface area contributed by atoms with Crippen LogP contribution in [0, 0.1) is 20.8 Å². The van der Waals surface area contributed by atoms with Crippen LogP contribution in [0.3, 0.4) is 0 Å². The molecule has 0 bridgehead atoms. The number of hydrogen-bond acceptors (Lipinski definition) is 6. The Bertz CT molecular complexity index is 1060. The van der Waals surface area contributed by atoms with E-state index in [9.17, 15) is 8.42 Å². The lowest BCUT2D eigenvalue weighted by molar-refractivity contribution is 0.216. The molecule has 0 saturated carbocycles. The van der Waals surface area contributed by atoms with Gasteiger partial charge in [-0.15, -0.1) is 0 Å². The zero-order valence-electron chi connectivity index (χ0n) is 15.4. The number of aryl methyl sites for hydroxylation is 3. The molecule has 2 aromatic heterocycles. The van der Waals surface area contributed by atoms with Crippen LogP contribution >= 0.6 is 0 Å². The van der Waals surface area contributed by atoms with E-state index in [0.29, 0.717) is 29.7 Å². The second-order valence-electron chi connectivity index (χ2n) is 6.94. The Morgan fingerprint density at radius 2 is 1.70 bits per heavy atom. The molecule has 1 fully saturated rings. The molecule has 4 rings (SSSR count). The van der Waals surface area contributed by atoms with E-state index in [1.54, 1.807) is 24.5 Å². The van der Waals surface area contributed by atoms with Gasteiger partial charge in [0, 0.05) is 31.0 Å². The van der Waals surface area contributed by atoms with Gasteiger partial charge in [-0.25, -0.2) is 8.42 Å². The third-order valence-corrected chi connectivity index (χ3v) is 6.92. The summed E-state index contributed by atoms with van der Waals surface area (Å²) in [5, 5.41) is 3.99. The van der Waals surface area contributed by atoms with Crippen molar-refractivity contribution in [2.75, 3.05) is 13.1 Å². The van der Waals surface area contributed by atoms with Crippen LogP contribution in [0.5, 0.6) is 0 Å². The highest BCUT2D eigenvalue weighted by Crippen LogP contribution is 2.34. The molecule has 0 unspecified atom stereocenters. The summed E-state index contributed by atoms with van der Waals surface area (Å²) in [6, 6.07) is 7.40. The van der Waals surface area contributed by atoms with E-state index in [2.05, 4.69) is 15.1 Å². The molecular weight excluding hydrogens is 364 g/mol. The van der Waals surface area contributed by atoms with Gasteiger partial charge in [0.2, 0.25) is 21.7 Å². The van der Waals surface area contributed by atoms with Crippen molar-refractivity contribution in [3.05, 3.63) is 59.2 Å². The van der Waals surface area contributed by atoms with Crippen LogP contribution in [0.1, 0.15) is 28.5 Å². The Balaban J connectivity index is 1.52. The lowest BCUT2D eigenvalue weighted by Crippen LogP contribution is -2.48. The van der Waals surface area contributed by atoms with Gasteiger partial charge in [-0.2, -0.15) is 9.29 Å². The number of rotatable bonds is 4. The maximum Gasteiger partial charge on any atom is 0.243 e. The molecule has 3 heterocycles. The van der Waals surface area contributed by atoms with Crippen LogP contribution in [0.4, 0.5) is 0 Å². The quantitative estimate of drug-likeness (QED) is 0.687. The minimum atomic E-state index is -3.53. The average molecular weight is 384 g/mol. The Hall–Kier alpha value is -2.58. The van der Waals surface area contributed by atoms with Gasteiger partial charge in [-0.05, 0) is 44.0 Å². The van der Waals surface area contributed by atoms with Crippen LogP contribution in [0.2, 0.25) is 0 Å². The molecule has 140 valence electrons. The number of benzene rings is 1. The first-order chi connectivity index (χ1) is 12.9. The molecule has 8 heteroatoms. The summed E-state index contributed by atoms with van der Waals surface area (Å²) >= 11 is 0. The highest BCUT2D eigenvalue weighted by atomic mass is 32.2. The molecule has 0 N–H and O–H groups in total. The maximum absolute atomic E-state index is 13.0. The summed E-state index contributed by atoms with van der Waals surface area (Å²) in [6.07, 6.45) is 3.32. The molecule has 7 nitrogen and oxygen atoms in total. The number of sulfonamides is 1. The van der Waals surface area contributed by atoms with Gasteiger partial charge in [0.05, 0.1) is 10.8 Å². The number of nitrogens with zero attached hydrogens (tertiary/aromatic N) is 4. The molecule has 0 spiro atoms. The molecule has 0 aliphatic carbocycles. The summed E-state index contributed by atoms with van der Waals surface area (Å²) < 4.78 is 32.9. The van der Waals surface area contributed by atoms with Crippen molar-refractivity contribution in [3.8, 4) is 11.4 Å². The summed E-state index contributed by atoms with van der Waals surface area (Å²) in [7, 11) is -3.53. The number of hydrogen-bond donors (Lipinski definition) is 0. The van der Waals surface area contributed by atoms with Crippen LogP contribution in [0.15, 0.2) is 46.1 Å². The highest BCUT2D eigenvalue weighted by molar-refractivity contribution is 7.89. The Labute approximate surface area is 158 Å². The largest absolute Gasteiger partial charge is 0.339 e. The van der Waals surface area contributed by atoms with E-state index < -0.39 is 10.0 Å². The van der Waals surface area contributed by atoms with Crippen molar-refractivity contribution in [2.24, 2.45) is 0 Å². The van der Waals surface area contributed by atoms with Crippen LogP contribution in [-0.4, -0.2) is 40.9 Å². The maximum atomic E-state index is 13.0. The first kappa shape index (κ1) is 17.8. The van der Waals surface area contributed by atoms with E-state index in [0.717, 1.165) is 22.3 Å². The molecule has 1 aliphatic heterocycles. The Kier molecular flexibility index (Phi) is 4.32. The van der Waals surface area contributed by atoms with Gasteiger partial charge < -0.3 is 4.52 Å². The molecular formula is C19H20N4O3S. The second-order valence-corrected chi connectivity index (χ2v) is 8.81. The van der Waals surface area contributed by atoms with E-state index in [-0.39, 0.29) is 5.92 Å². The van der Waals surface area contributed by atoms with E-state index in [1.807, 2.05) is 32.9 Å². The van der Waals surface area contributed by atoms with Crippen molar-refractivity contribution < 1.29 is 12.9 Å². The predicted molar refractivity (Wildman–Crippen MR) is 99.7 cm³/mol. The fraction of sp³-hybridized carbons (Fsp3) is 0.316. The van der Waals surface area contributed by atoms with E-state index >= 15 is 0 Å². The smallest absolute Gasteiger partial charge is 0.243 e. The van der Waals surface area contributed by atoms with Crippen molar-refractivity contribution in [1.29, 1.82) is 0 Å². The van der Waals surface area contributed by atoms with Crippen LogP contribution in [-0.2, 0) is 10.0 Å². The number of pyridine rings is 1. The highest BCUT2D eigenvalue weighted by Gasteiger charge is 2.41. The Morgan fingerprint density at radius 1 is 1.07 bits per heavy atom. The fourth-order valence-electron chi connectivity index (χ4n) is 3.51. The summed E-state index contributed by atoms with van der Waals surface area (Å²) in [5.41, 5.74) is 3.41. The van der Waals surface area contributed by atoms with Crippen molar-refractivity contribution in [2.45, 2.75) is 31.6 Å².